The second-order valence-corrected chi connectivity index (χ2v) is 2.98. The Balaban J connectivity index is 3.52. The van der Waals surface area contributed by atoms with Gasteiger partial charge in [-0.25, -0.2) is 0 Å². The molecule has 0 fully saturated rings. The number of esters is 2. The molecule has 0 aromatic carbocycles. The Morgan fingerprint density at radius 2 is 1.75 bits per heavy atom. The van der Waals surface area contributed by atoms with Crippen molar-refractivity contribution in [2.75, 3.05) is 20.3 Å². The van der Waals surface area contributed by atoms with E-state index in [0.717, 1.165) is 0 Å². The van der Waals surface area contributed by atoms with Crippen molar-refractivity contribution in [2.45, 2.75) is 26.2 Å². The molecule has 6 nitrogen and oxygen atoms in total. The van der Waals surface area contributed by atoms with Gasteiger partial charge in [-0.05, 0) is 6.92 Å². The third kappa shape index (κ3) is 7.78. The number of hydrogen-bond acceptors (Lipinski definition) is 5. The second-order valence-electron chi connectivity index (χ2n) is 2.98. The lowest BCUT2D eigenvalue weighted by Crippen LogP contribution is -2.26. The minimum absolute atomic E-state index is 0.0535. The van der Waals surface area contributed by atoms with Gasteiger partial charge in [0.25, 0.3) is 0 Å². The van der Waals surface area contributed by atoms with Crippen LogP contribution in [0.4, 0.5) is 0 Å². The molecule has 0 rings (SSSR count). The van der Waals surface area contributed by atoms with Crippen molar-refractivity contribution in [1.29, 1.82) is 0 Å². The van der Waals surface area contributed by atoms with Crippen molar-refractivity contribution >= 4 is 17.8 Å². The summed E-state index contributed by atoms with van der Waals surface area (Å²) in [7, 11) is 1.28. The summed E-state index contributed by atoms with van der Waals surface area (Å²) in [6, 6.07) is 0. The third-order valence-electron chi connectivity index (χ3n) is 1.74. The summed E-state index contributed by atoms with van der Waals surface area (Å²) in [5, 5.41) is 2.50. The van der Waals surface area contributed by atoms with Crippen LogP contribution in [0.25, 0.3) is 0 Å². The molecule has 0 spiro atoms. The van der Waals surface area contributed by atoms with E-state index in [1.807, 2.05) is 0 Å². The van der Waals surface area contributed by atoms with Crippen molar-refractivity contribution in [1.82, 2.24) is 5.32 Å². The number of amides is 1. The predicted molar refractivity (Wildman–Crippen MR) is 55.5 cm³/mol. The van der Waals surface area contributed by atoms with Crippen LogP contribution in [0, 0.1) is 0 Å². The molecule has 16 heavy (non-hydrogen) atoms. The smallest absolute Gasteiger partial charge is 0.307 e. The molecule has 0 aliphatic heterocycles. The average molecular weight is 231 g/mol. The van der Waals surface area contributed by atoms with Crippen LogP contribution in [0.5, 0.6) is 0 Å². The van der Waals surface area contributed by atoms with E-state index in [1.54, 1.807) is 6.92 Å². The van der Waals surface area contributed by atoms with Gasteiger partial charge in [0, 0.05) is 13.0 Å². The van der Waals surface area contributed by atoms with Gasteiger partial charge < -0.3 is 14.8 Å². The van der Waals surface area contributed by atoms with Gasteiger partial charge >= 0.3 is 11.9 Å². The molecule has 0 heterocycles. The van der Waals surface area contributed by atoms with Crippen molar-refractivity contribution in [3.05, 3.63) is 0 Å². The van der Waals surface area contributed by atoms with Gasteiger partial charge in [-0.1, -0.05) is 0 Å². The predicted octanol–water partition coefficient (Wildman–Crippen LogP) is 0.00900. The van der Waals surface area contributed by atoms with E-state index in [0.29, 0.717) is 6.61 Å². The van der Waals surface area contributed by atoms with Crippen LogP contribution in [0.3, 0.4) is 0 Å². The van der Waals surface area contributed by atoms with Crippen LogP contribution in [0.15, 0.2) is 0 Å². The van der Waals surface area contributed by atoms with Crippen molar-refractivity contribution < 1.29 is 23.9 Å². The molecule has 92 valence electrons. The molecule has 0 aliphatic rings. The number of methoxy groups -OCH3 is 1. The molecular weight excluding hydrogens is 214 g/mol. The highest BCUT2D eigenvalue weighted by molar-refractivity contribution is 5.81. The van der Waals surface area contributed by atoms with Crippen molar-refractivity contribution in [3.8, 4) is 0 Å². The lowest BCUT2D eigenvalue weighted by Gasteiger charge is -2.04. The number of nitrogens with one attached hydrogen (secondary N) is 1. The highest BCUT2D eigenvalue weighted by atomic mass is 16.5. The number of carbonyl (C=O) groups is 3. The maximum absolute atomic E-state index is 11.2. The van der Waals surface area contributed by atoms with E-state index in [9.17, 15) is 14.4 Å². The quantitative estimate of drug-likeness (QED) is 0.624. The molecule has 0 atom stereocenters. The fourth-order valence-electron chi connectivity index (χ4n) is 0.943. The summed E-state index contributed by atoms with van der Waals surface area (Å²) in [6.45, 7) is 2.23. The number of hydrogen-bond donors (Lipinski definition) is 1. The Morgan fingerprint density at radius 3 is 2.31 bits per heavy atom. The lowest BCUT2D eigenvalue weighted by atomic mass is 10.3. The topological polar surface area (TPSA) is 81.7 Å². The maximum Gasteiger partial charge on any atom is 0.307 e. The molecule has 0 radical (unpaired) electrons. The highest BCUT2D eigenvalue weighted by Gasteiger charge is 2.07. The van der Waals surface area contributed by atoms with E-state index in [1.165, 1.54) is 7.11 Å². The van der Waals surface area contributed by atoms with Crippen LogP contribution in [0.2, 0.25) is 0 Å². The molecule has 0 bridgehead atoms. The summed E-state index contributed by atoms with van der Waals surface area (Å²) in [6.07, 6.45) is 0.250. The molecule has 1 amide bonds. The zero-order valence-electron chi connectivity index (χ0n) is 9.58. The van der Waals surface area contributed by atoms with Crippen LogP contribution in [0.1, 0.15) is 26.2 Å². The molecule has 0 saturated heterocycles. The summed E-state index contributed by atoms with van der Waals surface area (Å²) < 4.78 is 9.06. The summed E-state index contributed by atoms with van der Waals surface area (Å²) in [4.78, 5) is 32.7. The SMILES string of the molecule is CCOC(=O)CCC(=O)NCCC(=O)OC. The normalized spacial score (nSPS) is 9.38. The van der Waals surface area contributed by atoms with Gasteiger partial charge in [-0.15, -0.1) is 0 Å². The van der Waals surface area contributed by atoms with Crippen LogP contribution >= 0.6 is 0 Å². The molecule has 0 saturated carbocycles. The average Bonchev–Trinajstić information content (AvgIpc) is 2.26. The first-order valence-corrected chi connectivity index (χ1v) is 5.09. The summed E-state index contributed by atoms with van der Waals surface area (Å²) in [5.41, 5.74) is 0. The highest BCUT2D eigenvalue weighted by Crippen LogP contribution is 1.93. The third-order valence-corrected chi connectivity index (χ3v) is 1.74. The first-order chi connectivity index (χ1) is 7.60. The Bertz CT molecular complexity index is 252. The summed E-state index contributed by atoms with van der Waals surface area (Å²) >= 11 is 0. The fraction of sp³-hybridized carbons (Fsp3) is 0.700. The van der Waals surface area contributed by atoms with Crippen LogP contribution in [-0.2, 0) is 23.9 Å². The Hall–Kier alpha value is -1.59. The molecule has 0 unspecified atom stereocenters. The standard InChI is InChI=1S/C10H17NO5/c1-3-16-10(14)5-4-8(12)11-7-6-9(13)15-2/h3-7H2,1-2H3,(H,11,12). The van der Waals surface area contributed by atoms with E-state index in [4.69, 9.17) is 0 Å². The lowest BCUT2D eigenvalue weighted by molar-refractivity contribution is -0.144. The van der Waals surface area contributed by atoms with Crippen molar-refractivity contribution in [3.63, 3.8) is 0 Å². The van der Waals surface area contributed by atoms with Gasteiger partial charge in [-0.2, -0.15) is 0 Å². The van der Waals surface area contributed by atoms with Gasteiger partial charge in [0.1, 0.15) is 0 Å². The monoisotopic (exact) mass is 231 g/mol. The molecular formula is C10H17NO5. The largest absolute Gasteiger partial charge is 0.469 e. The molecule has 1 N–H and O–H groups in total. The molecule has 0 aromatic rings. The first-order valence-electron chi connectivity index (χ1n) is 5.09. The Labute approximate surface area is 94.3 Å². The van der Waals surface area contributed by atoms with E-state index >= 15 is 0 Å². The zero-order valence-corrected chi connectivity index (χ0v) is 9.58. The van der Waals surface area contributed by atoms with Gasteiger partial charge in [-0.3, -0.25) is 14.4 Å². The molecule has 0 aromatic heterocycles. The maximum atomic E-state index is 11.2. The summed E-state index contributed by atoms with van der Waals surface area (Å²) in [5.74, 6) is -1.06. The van der Waals surface area contributed by atoms with Crippen LogP contribution in [-0.4, -0.2) is 38.1 Å². The van der Waals surface area contributed by atoms with E-state index < -0.39 is 5.97 Å². The van der Waals surface area contributed by atoms with Gasteiger partial charge in [0.05, 0.1) is 26.6 Å². The molecule has 0 aliphatic carbocycles. The zero-order chi connectivity index (χ0) is 12.4. The number of rotatable bonds is 7. The van der Waals surface area contributed by atoms with Crippen LogP contribution < -0.4 is 5.32 Å². The minimum atomic E-state index is -0.398. The van der Waals surface area contributed by atoms with E-state index in [-0.39, 0.29) is 37.7 Å². The van der Waals surface area contributed by atoms with E-state index in [2.05, 4.69) is 14.8 Å². The fourth-order valence-corrected chi connectivity index (χ4v) is 0.943. The minimum Gasteiger partial charge on any atom is -0.469 e. The first kappa shape index (κ1) is 14.4. The van der Waals surface area contributed by atoms with Gasteiger partial charge in [0.2, 0.25) is 5.91 Å². The molecule has 6 heteroatoms. The number of carbonyl (C=O) groups excluding carboxylic acids is 3. The number of ether oxygens (including phenoxy) is 2. The van der Waals surface area contributed by atoms with Crippen molar-refractivity contribution in [2.24, 2.45) is 0 Å². The Kier molecular flexibility index (Phi) is 7.83. The second kappa shape index (κ2) is 8.70. The Morgan fingerprint density at radius 1 is 1.06 bits per heavy atom. The van der Waals surface area contributed by atoms with Gasteiger partial charge in [0.15, 0.2) is 0 Å².